The molecule has 7 nitrogen and oxygen atoms in total. The molecular weight excluding hydrogens is 352 g/mol. The van der Waals surface area contributed by atoms with Crippen molar-refractivity contribution in [1.82, 2.24) is 4.31 Å². The molecule has 2 rings (SSSR count). The third kappa shape index (κ3) is 4.75. The van der Waals surface area contributed by atoms with Crippen LogP contribution in [0, 0.1) is 0 Å². The molecule has 1 fully saturated rings. The van der Waals surface area contributed by atoms with Crippen LogP contribution in [0.25, 0.3) is 0 Å². The van der Waals surface area contributed by atoms with E-state index in [2.05, 4.69) is 10.2 Å². The zero-order valence-electron chi connectivity index (χ0n) is 15.7. The molecular formula is C18H30N4O3S. The summed E-state index contributed by atoms with van der Waals surface area (Å²) in [5.41, 5.74) is 6.91. The van der Waals surface area contributed by atoms with E-state index in [0.717, 1.165) is 31.6 Å². The van der Waals surface area contributed by atoms with Crippen molar-refractivity contribution in [2.24, 2.45) is 5.73 Å². The average molecular weight is 383 g/mol. The molecule has 0 saturated carbocycles. The van der Waals surface area contributed by atoms with E-state index in [9.17, 15) is 13.2 Å². The van der Waals surface area contributed by atoms with Gasteiger partial charge in [-0.3, -0.25) is 4.79 Å². The van der Waals surface area contributed by atoms with Crippen LogP contribution in [-0.4, -0.2) is 51.4 Å². The summed E-state index contributed by atoms with van der Waals surface area (Å²) in [5.74, 6) is -0.145. The van der Waals surface area contributed by atoms with E-state index in [1.54, 1.807) is 18.2 Å². The van der Waals surface area contributed by atoms with Gasteiger partial charge in [-0.15, -0.1) is 0 Å². The topological polar surface area (TPSA) is 95.7 Å². The van der Waals surface area contributed by atoms with Crippen molar-refractivity contribution in [3.05, 3.63) is 18.2 Å². The maximum atomic E-state index is 12.8. The first-order valence-corrected chi connectivity index (χ1v) is 10.8. The number of carbonyl (C=O) groups excluding carboxylic acids is 1. The molecule has 0 atom stereocenters. The molecule has 146 valence electrons. The van der Waals surface area contributed by atoms with Crippen molar-refractivity contribution < 1.29 is 13.2 Å². The lowest BCUT2D eigenvalue weighted by Gasteiger charge is -2.24. The van der Waals surface area contributed by atoms with Gasteiger partial charge >= 0.3 is 0 Å². The van der Waals surface area contributed by atoms with Gasteiger partial charge in [0, 0.05) is 32.6 Å². The quantitative estimate of drug-likeness (QED) is 0.681. The molecule has 1 saturated heterocycles. The Balaban J connectivity index is 2.38. The van der Waals surface area contributed by atoms with Gasteiger partial charge in [0.05, 0.1) is 16.3 Å². The summed E-state index contributed by atoms with van der Waals surface area (Å²) in [5, 5.41) is 2.89. The average Bonchev–Trinajstić information content (AvgIpc) is 3.15. The van der Waals surface area contributed by atoms with Gasteiger partial charge in [0.25, 0.3) is 0 Å². The Kier molecular flexibility index (Phi) is 7.43. The van der Waals surface area contributed by atoms with Crippen molar-refractivity contribution in [2.75, 3.05) is 42.9 Å². The van der Waals surface area contributed by atoms with E-state index in [0.29, 0.717) is 38.2 Å². The summed E-state index contributed by atoms with van der Waals surface area (Å²) in [6, 6.07) is 5.03. The number of nitrogens with one attached hydrogen (secondary N) is 1. The summed E-state index contributed by atoms with van der Waals surface area (Å²) in [6.45, 7) is 6.71. The van der Waals surface area contributed by atoms with Crippen LogP contribution < -0.4 is 16.0 Å². The van der Waals surface area contributed by atoms with Crippen molar-refractivity contribution in [3.63, 3.8) is 0 Å². The van der Waals surface area contributed by atoms with E-state index in [1.165, 1.54) is 4.31 Å². The largest absolute Gasteiger partial charge is 0.370 e. The maximum absolute atomic E-state index is 12.8. The second kappa shape index (κ2) is 9.34. The van der Waals surface area contributed by atoms with Crippen molar-refractivity contribution in [1.29, 1.82) is 0 Å². The molecule has 26 heavy (non-hydrogen) atoms. The van der Waals surface area contributed by atoms with Crippen LogP contribution in [0.5, 0.6) is 0 Å². The van der Waals surface area contributed by atoms with Crippen LogP contribution in [0.15, 0.2) is 23.1 Å². The lowest BCUT2D eigenvalue weighted by Crippen LogP contribution is -2.31. The standard InChI is InChI=1S/C18H30N4O3S/c1-3-22(4-2)26(24,25)15-9-10-17(21-12-5-6-13-21)16(14-15)20-18(23)8-7-11-19/h9-10,14H,3-8,11-13,19H2,1-2H3,(H,20,23). The van der Waals surface area contributed by atoms with Crippen LogP contribution in [0.4, 0.5) is 11.4 Å². The number of amides is 1. The fourth-order valence-corrected chi connectivity index (χ4v) is 4.68. The zero-order chi connectivity index (χ0) is 19.2. The molecule has 0 radical (unpaired) electrons. The van der Waals surface area contributed by atoms with Gasteiger partial charge in [0.2, 0.25) is 15.9 Å². The molecule has 0 aromatic heterocycles. The molecule has 8 heteroatoms. The van der Waals surface area contributed by atoms with E-state index >= 15 is 0 Å². The van der Waals surface area contributed by atoms with E-state index in [4.69, 9.17) is 5.73 Å². The predicted molar refractivity (Wildman–Crippen MR) is 105 cm³/mol. The van der Waals surface area contributed by atoms with Crippen LogP contribution in [0.3, 0.4) is 0 Å². The second-order valence-electron chi connectivity index (χ2n) is 6.40. The van der Waals surface area contributed by atoms with Gasteiger partial charge in [-0.05, 0) is 44.0 Å². The normalized spacial score (nSPS) is 14.8. The first-order chi connectivity index (χ1) is 12.4. The minimum absolute atomic E-state index is 0.145. The van der Waals surface area contributed by atoms with Gasteiger partial charge in [0.15, 0.2) is 0 Å². The van der Waals surface area contributed by atoms with E-state index < -0.39 is 10.0 Å². The van der Waals surface area contributed by atoms with Crippen LogP contribution >= 0.6 is 0 Å². The fraction of sp³-hybridized carbons (Fsp3) is 0.611. The highest BCUT2D eigenvalue weighted by molar-refractivity contribution is 7.89. The SMILES string of the molecule is CCN(CC)S(=O)(=O)c1ccc(N2CCCC2)c(NC(=O)CCCN)c1. The number of nitrogens with two attached hydrogens (primary N) is 1. The number of nitrogens with zero attached hydrogens (tertiary/aromatic N) is 2. The number of sulfonamides is 1. The number of benzene rings is 1. The molecule has 1 aromatic rings. The van der Waals surface area contributed by atoms with Crippen molar-refractivity contribution in [3.8, 4) is 0 Å². The van der Waals surface area contributed by atoms with Crippen molar-refractivity contribution >= 4 is 27.3 Å². The number of hydrogen-bond donors (Lipinski definition) is 2. The Morgan fingerprint density at radius 1 is 1.23 bits per heavy atom. The van der Waals surface area contributed by atoms with Gasteiger partial charge in [-0.25, -0.2) is 8.42 Å². The molecule has 1 amide bonds. The Hall–Kier alpha value is -1.64. The number of carbonyl (C=O) groups is 1. The lowest BCUT2D eigenvalue weighted by molar-refractivity contribution is -0.116. The first kappa shape index (κ1) is 20.7. The highest BCUT2D eigenvalue weighted by Crippen LogP contribution is 2.32. The summed E-state index contributed by atoms with van der Waals surface area (Å²) < 4.78 is 27.1. The molecule has 1 aliphatic heterocycles. The predicted octanol–water partition coefficient (Wildman–Crippen LogP) is 1.99. The summed E-state index contributed by atoms with van der Waals surface area (Å²) in [4.78, 5) is 14.6. The Morgan fingerprint density at radius 2 is 1.88 bits per heavy atom. The lowest BCUT2D eigenvalue weighted by atomic mass is 10.2. The highest BCUT2D eigenvalue weighted by atomic mass is 32.2. The smallest absolute Gasteiger partial charge is 0.243 e. The molecule has 1 heterocycles. The van der Waals surface area contributed by atoms with Gasteiger partial charge in [-0.1, -0.05) is 13.8 Å². The minimum atomic E-state index is -3.57. The molecule has 0 aliphatic carbocycles. The molecule has 1 aliphatic rings. The van der Waals surface area contributed by atoms with Crippen LogP contribution in [-0.2, 0) is 14.8 Å². The van der Waals surface area contributed by atoms with E-state index in [-0.39, 0.29) is 10.8 Å². The number of hydrogen-bond acceptors (Lipinski definition) is 5. The Morgan fingerprint density at radius 3 is 2.46 bits per heavy atom. The third-order valence-corrected chi connectivity index (χ3v) is 6.69. The maximum Gasteiger partial charge on any atom is 0.243 e. The van der Waals surface area contributed by atoms with Crippen molar-refractivity contribution in [2.45, 2.75) is 44.4 Å². The number of rotatable bonds is 9. The van der Waals surface area contributed by atoms with Gasteiger partial charge in [-0.2, -0.15) is 4.31 Å². The summed E-state index contributed by atoms with van der Waals surface area (Å²) >= 11 is 0. The zero-order valence-corrected chi connectivity index (χ0v) is 16.5. The minimum Gasteiger partial charge on any atom is -0.370 e. The Labute approximate surface area is 156 Å². The molecule has 1 aromatic carbocycles. The molecule has 0 bridgehead atoms. The van der Waals surface area contributed by atoms with Gasteiger partial charge < -0.3 is 16.0 Å². The monoisotopic (exact) mass is 382 g/mol. The first-order valence-electron chi connectivity index (χ1n) is 9.33. The van der Waals surface area contributed by atoms with Crippen LogP contribution in [0.1, 0.15) is 39.5 Å². The highest BCUT2D eigenvalue weighted by Gasteiger charge is 2.24. The molecule has 0 spiro atoms. The number of anilines is 2. The van der Waals surface area contributed by atoms with E-state index in [1.807, 2.05) is 13.8 Å². The summed E-state index contributed by atoms with van der Waals surface area (Å²) in [7, 11) is -3.57. The van der Waals surface area contributed by atoms with Crippen LogP contribution in [0.2, 0.25) is 0 Å². The molecule has 0 unspecified atom stereocenters. The molecule has 3 N–H and O–H groups in total. The Bertz CT molecular complexity index is 711. The third-order valence-electron chi connectivity index (χ3n) is 4.64. The fourth-order valence-electron chi connectivity index (χ4n) is 3.20. The second-order valence-corrected chi connectivity index (χ2v) is 8.34. The van der Waals surface area contributed by atoms with Gasteiger partial charge in [0.1, 0.15) is 0 Å². The summed E-state index contributed by atoms with van der Waals surface area (Å²) in [6.07, 6.45) is 3.12.